The van der Waals surface area contributed by atoms with E-state index in [1.165, 1.54) is 0 Å². The van der Waals surface area contributed by atoms with Crippen LogP contribution in [-0.2, 0) is 0 Å². The molecule has 0 saturated heterocycles. The SMILES string of the molecule is CN1C=C(C2(C)CC(F)(F)C2)NN1C. The lowest BCUT2D eigenvalue weighted by atomic mass is 9.65. The summed E-state index contributed by atoms with van der Waals surface area (Å²) in [5.41, 5.74) is 3.57. The number of alkyl halides is 2. The molecule has 1 heterocycles. The highest BCUT2D eigenvalue weighted by Crippen LogP contribution is 2.55. The Balaban J connectivity index is 2.08. The summed E-state index contributed by atoms with van der Waals surface area (Å²) in [4.78, 5) is 0. The standard InChI is InChI=1S/C9H15F2N3/c1-8(5-9(10,11)6-8)7-4-13(2)14(3)12-7/h4,12H,5-6H2,1-3H3. The van der Waals surface area contributed by atoms with E-state index < -0.39 is 5.92 Å². The van der Waals surface area contributed by atoms with Crippen LogP contribution in [0.4, 0.5) is 8.78 Å². The Morgan fingerprint density at radius 2 is 1.93 bits per heavy atom. The van der Waals surface area contributed by atoms with Gasteiger partial charge in [-0.2, -0.15) is 0 Å². The summed E-state index contributed by atoms with van der Waals surface area (Å²) in [7, 11) is 3.73. The maximum absolute atomic E-state index is 12.8. The normalized spacial score (nSPS) is 29.5. The number of hydrogen-bond acceptors (Lipinski definition) is 3. The maximum atomic E-state index is 12.8. The minimum Gasteiger partial charge on any atom is -0.304 e. The number of halogens is 2. The van der Waals surface area contributed by atoms with Gasteiger partial charge in [0, 0.05) is 38.6 Å². The van der Waals surface area contributed by atoms with Crippen molar-refractivity contribution >= 4 is 0 Å². The van der Waals surface area contributed by atoms with Gasteiger partial charge in [-0.15, -0.1) is 5.12 Å². The molecule has 2 rings (SSSR count). The summed E-state index contributed by atoms with van der Waals surface area (Å²) in [6.07, 6.45) is 1.76. The fourth-order valence-corrected chi connectivity index (χ4v) is 2.13. The first kappa shape index (κ1) is 9.71. The van der Waals surface area contributed by atoms with Gasteiger partial charge in [-0.3, -0.25) is 5.01 Å². The summed E-state index contributed by atoms with van der Waals surface area (Å²) in [5, 5.41) is 3.62. The average Bonchev–Trinajstić information content (AvgIpc) is 2.28. The number of rotatable bonds is 1. The Hall–Kier alpha value is -0.840. The van der Waals surface area contributed by atoms with E-state index in [1.54, 1.807) is 5.12 Å². The molecule has 1 aliphatic carbocycles. The van der Waals surface area contributed by atoms with Crippen molar-refractivity contribution in [2.24, 2.45) is 5.41 Å². The zero-order valence-electron chi connectivity index (χ0n) is 8.64. The highest BCUT2D eigenvalue weighted by atomic mass is 19.3. The van der Waals surface area contributed by atoms with Gasteiger partial charge < -0.3 is 5.43 Å². The van der Waals surface area contributed by atoms with Crippen LogP contribution in [0.1, 0.15) is 19.8 Å². The van der Waals surface area contributed by atoms with Crippen molar-refractivity contribution in [2.45, 2.75) is 25.7 Å². The van der Waals surface area contributed by atoms with Crippen LogP contribution in [0, 0.1) is 5.41 Å². The second kappa shape index (κ2) is 2.59. The summed E-state index contributed by atoms with van der Waals surface area (Å²) >= 11 is 0. The lowest BCUT2D eigenvalue weighted by Crippen LogP contribution is -2.49. The Morgan fingerprint density at radius 3 is 2.29 bits per heavy atom. The molecule has 3 nitrogen and oxygen atoms in total. The van der Waals surface area contributed by atoms with Crippen molar-refractivity contribution in [3.05, 3.63) is 11.9 Å². The van der Waals surface area contributed by atoms with Gasteiger partial charge in [-0.1, -0.05) is 6.92 Å². The molecule has 14 heavy (non-hydrogen) atoms. The summed E-state index contributed by atoms with van der Waals surface area (Å²) in [5.74, 6) is -2.48. The maximum Gasteiger partial charge on any atom is 0.250 e. The lowest BCUT2D eigenvalue weighted by molar-refractivity contribution is -0.142. The minimum absolute atomic E-state index is 0.0550. The van der Waals surface area contributed by atoms with Crippen molar-refractivity contribution in [1.82, 2.24) is 15.6 Å². The van der Waals surface area contributed by atoms with Crippen LogP contribution in [0.5, 0.6) is 0 Å². The predicted molar refractivity (Wildman–Crippen MR) is 49.0 cm³/mol. The highest BCUT2D eigenvalue weighted by molar-refractivity contribution is 5.19. The summed E-state index contributed by atoms with van der Waals surface area (Å²) < 4.78 is 25.6. The molecule has 80 valence electrons. The third-order valence-corrected chi connectivity index (χ3v) is 3.02. The molecule has 0 radical (unpaired) electrons. The molecule has 0 spiro atoms. The molecule has 2 aliphatic rings. The Bertz CT molecular complexity index is 280. The van der Waals surface area contributed by atoms with E-state index in [9.17, 15) is 8.78 Å². The topological polar surface area (TPSA) is 18.5 Å². The number of allylic oxidation sites excluding steroid dienone is 1. The number of hydrogen-bond donors (Lipinski definition) is 1. The smallest absolute Gasteiger partial charge is 0.250 e. The second-order valence-corrected chi connectivity index (χ2v) is 4.52. The Morgan fingerprint density at radius 1 is 1.36 bits per heavy atom. The van der Waals surface area contributed by atoms with Gasteiger partial charge >= 0.3 is 0 Å². The van der Waals surface area contributed by atoms with Gasteiger partial charge in [0.05, 0.1) is 5.70 Å². The van der Waals surface area contributed by atoms with Crippen LogP contribution < -0.4 is 5.43 Å². The van der Waals surface area contributed by atoms with Gasteiger partial charge in [0.1, 0.15) is 0 Å². The van der Waals surface area contributed by atoms with Crippen molar-refractivity contribution in [3.63, 3.8) is 0 Å². The molecule has 0 bridgehead atoms. The van der Waals surface area contributed by atoms with Crippen LogP contribution in [0.2, 0.25) is 0 Å². The van der Waals surface area contributed by atoms with Crippen LogP contribution in [0.25, 0.3) is 0 Å². The Kier molecular flexibility index (Phi) is 1.80. The predicted octanol–water partition coefficient (Wildman–Crippen LogP) is 1.56. The third-order valence-electron chi connectivity index (χ3n) is 3.02. The van der Waals surface area contributed by atoms with Gasteiger partial charge in [-0.25, -0.2) is 8.78 Å². The van der Waals surface area contributed by atoms with E-state index in [0.717, 1.165) is 5.70 Å². The molecule has 0 unspecified atom stereocenters. The Labute approximate surface area is 82.3 Å². The zero-order valence-corrected chi connectivity index (χ0v) is 8.64. The number of nitrogens with one attached hydrogen (secondary N) is 1. The van der Waals surface area contributed by atoms with Crippen LogP contribution in [0.3, 0.4) is 0 Å². The van der Waals surface area contributed by atoms with E-state index in [1.807, 2.05) is 32.2 Å². The molecule has 0 amide bonds. The van der Waals surface area contributed by atoms with Crippen molar-refractivity contribution < 1.29 is 8.78 Å². The van der Waals surface area contributed by atoms with Crippen LogP contribution in [0.15, 0.2) is 11.9 Å². The number of nitrogens with zero attached hydrogens (tertiary/aromatic N) is 2. The quantitative estimate of drug-likeness (QED) is 0.697. The molecule has 1 N–H and O–H groups in total. The summed E-state index contributed by atoms with van der Waals surface area (Å²) in [6, 6.07) is 0. The van der Waals surface area contributed by atoms with E-state index in [-0.39, 0.29) is 18.3 Å². The highest BCUT2D eigenvalue weighted by Gasteiger charge is 2.56. The lowest BCUT2D eigenvalue weighted by Gasteiger charge is -2.45. The molecule has 0 aromatic heterocycles. The molecular formula is C9H15F2N3. The largest absolute Gasteiger partial charge is 0.304 e. The molecule has 1 fully saturated rings. The van der Waals surface area contributed by atoms with E-state index in [4.69, 9.17) is 0 Å². The van der Waals surface area contributed by atoms with Gasteiger partial charge in [-0.05, 0) is 0 Å². The first-order chi connectivity index (χ1) is 6.32. The molecular weight excluding hydrogens is 188 g/mol. The van der Waals surface area contributed by atoms with Crippen LogP contribution in [-0.4, -0.2) is 30.1 Å². The zero-order chi connectivity index (χ0) is 10.6. The van der Waals surface area contributed by atoms with Gasteiger partial charge in [0.2, 0.25) is 5.92 Å². The van der Waals surface area contributed by atoms with E-state index in [2.05, 4.69) is 5.43 Å². The minimum atomic E-state index is -2.48. The van der Waals surface area contributed by atoms with Gasteiger partial charge in [0.25, 0.3) is 0 Å². The fourth-order valence-electron chi connectivity index (χ4n) is 2.13. The molecule has 5 heteroatoms. The first-order valence-corrected chi connectivity index (χ1v) is 4.66. The fraction of sp³-hybridized carbons (Fsp3) is 0.778. The molecule has 0 aromatic rings. The van der Waals surface area contributed by atoms with Crippen molar-refractivity contribution in [1.29, 1.82) is 0 Å². The monoisotopic (exact) mass is 203 g/mol. The molecule has 1 saturated carbocycles. The molecule has 1 aliphatic heterocycles. The molecule has 0 aromatic carbocycles. The van der Waals surface area contributed by atoms with E-state index in [0.29, 0.717) is 0 Å². The summed E-state index contributed by atoms with van der Waals surface area (Å²) in [6.45, 7) is 1.87. The van der Waals surface area contributed by atoms with Crippen molar-refractivity contribution in [3.8, 4) is 0 Å². The van der Waals surface area contributed by atoms with Gasteiger partial charge in [0.15, 0.2) is 0 Å². The average molecular weight is 203 g/mol. The third kappa shape index (κ3) is 1.35. The van der Waals surface area contributed by atoms with Crippen molar-refractivity contribution in [2.75, 3.05) is 14.1 Å². The molecule has 0 atom stereocenters. The number of hydrazine groups is 2. The van der Waals surface area contributed by atoms with E-state index >= 15 is 0 Å². The first-order valence-electron chi connectivity index (χ1n) is 4.66. The second-order valence-electron chi connectivity index (χ2n) is 4.52. The van der Waals surface area contributed by atoms with Crippen LogP contribution >= 0.6 is 0 Å².